The van der Waals surface area contributed by atoms with Crippen LogP contribution in [0.15, 0.2) is 12.4 Å². The van der Waals surface area contributed by atoms with Gasteiger partial charge in [0.2, 0.25) is 0 Å². The lowest BCUT2D eigenvalue weighted by Gasteiger charge is -2.20. The summed E-state index contributed by atoms with van der Waals surface area (Å²) in [5.41, 5.74) is 1.76. The highest BCUT2D eigenvalue weighted by atomic mass is 16.5. The van der Waals surface area contributed by atoms with Crippen molar-refractivity contribution in [2.45, 2.75) is 57.8 Å². The minimum absolute atomic E-state index is 0.234. The Morgan fingerprint density at radius 1 is 1.32 bits per heavy atom. The molecule has 1 heterocycles. The Kier molecular flexibility index (Phi) is 4.88. The van der Waals surface area contributed by atoms with E-state index in [9.17, 15) is 4.79 Å². The highest BCUT2D eigenvalue weighted by Crippen LogP contribution is 2.31. The van der Waals surface area contributed by atoms with Crippen LogP contribution in [-0.2, 0) is 9.53 Å². The number of carbonyl (C=O) groups excluding carboxylic acids is 1. The monoisotopic (exact) mass is 262 g/mol. The number of hydrogen-bond donors (Lipinski definition) is 0. The predicted molar refractivity (Wildman–Crippen MR) is 72.9 cm³/mol. The smallest absolute Gasteiger partial charge is 0.314 e. The molecule has 1 aliphatic rings. The molecule has 1 aromatic heterocycles. The summed E-state index contributed by atoms with van der Waals surface area (Å²) < 4.78 is 5.00. The molecule has 0 saturated heterocycles. The second-order valence-corrected chi connectivity index (χ2v) is 5.17. The lowest BCUT2D eigenvalue weighted by atomic mass is 9.87. The van der Waals surface area contributed by atoms with E-state index in [0.717, 1.165) is 5.69 Å². The molecule has 0 amide bonds. The average Bonchev–Trinajstić information content (AvgIpc) is 2.48. The van der Waals surface area contributed by atoms with Crippen LogP contribution < -0.4 is 0 Å². The van der Waals surface area contributed by atoms with Crippen LogP contribution in [0.2, 0.25) is 0 Å². The van der Waals surface area contributed by atoms with E-state index in [-0.39, 0.29) is 11.9 Å². The van der Waals surface area contributed by atoms with E-state index in [1.807, 2.05) is 20.0 Å². The molecule has 19 heavy (non-hydrogen) atoms. The van der Waals surface area contributed by atoms with Gasteiger partial charge in [-0.2, -0.15) is 0 Å². The Morgan fingerprint density at radius 2 is 2.05 bits per heavy atom. The minimum atomic E-state index is -0.340. The summed E-state index contributed by atoms with van der Waals surface area (Å²) in [7, 11) is 0. The molecule has 4 heteroatoms. The van der Waals surface area contributed by atoms with Gasteiger partial charge in [0.1, 0.15) is 0 Å². The van der Waals surface area contributed by atoms with E-state index in [4.69, 9.17) is 4.74 Å². The lowest BCUT2D eigenvalue weighted by Crippen LogP contribution is -2.15. The van der Waals surface area contributed by atoms with Gasteiger partial charge in [-0.1, -0.05) is 19.3 Å². The second kappa shape index (κ2) is 6.64. The fraction of sp³-hybridized carbons (Fsp3) is 0.667. The molecule has 0 aromatic carbocycles. The van der Waals surface area contributed by atoms with Crippen molar-refractivity contribution in [2.24, 2.45) is 0 Å². The van der Waals surface area contributed by atoms with E-state index in [1.54, 1.807) is 6.20 Å². The first-order valence-corrected chi connectivity index (χ1v) is 7.20. The third-order valence-corrected chi connectivity index (χ3v) is 3.80. The van der Waals surface area contributed by atoms with Crippen LogP contribution in [0.4, 0.5) is 0 Å². The first kappa shape index (κ1) is 14.0. The molecule has 104 valence electrons. The Labute approximate surface area is 114 Å². The molecule has 0 radical (unpaired) electrons. The quantitative estimate of drug-likeness (QED) is 0.782. The van der Waals surface area contributed by atoms with Gasteiger partial charge in [0.15, 0.2) is 0 Å². The summed E-state index contributed by atoms with van der Waals surface area (Å²) in [6.45, 7) is 4.02. The van der Waals surface area contributed by atoms with Crippen LogP contribution in [0.5, 0.6) is 0 Å². The summed E-state index contributed by atoms with van der Waals surface area (Å²) in [6.07, 6.45) is 9.89. The zero-order valence-corrected chi connectivity index (χ0v) is 11.8. The lowest BCUT2D eigenvalue weighted by molar-refractivity contribution is -0.144. The number of rotatable bonds is 4. The molecule has 0 aliphatic heterocycles. The largest absolute Gasteiger partial charge is 0.465 e. The predicted octanol–water partition coefficient (Wildman–Crippen LogP) is 3.19. The average molecular weight is 262 g/mol. The Balaban J connectivity index is 2.03. The first-order valence-electron chi connectivity index (χ1n) is 7.20. The van der Waals surface area contributed by atoms with Gasteiger partial charge < -0.3 is 4.74 Å². The van der Waals surface area contributed by atoms with Gasteiger partial charge in [-0.25, -0.2) is 0 Å². The minimum Gasteiger partial charge on any atom is -0.465 e. The van der Waals surface area contributed by atoms with Crippen molar-refractivity contribution >= 4 is 5.97 Å². The SMILES string of the molecule is CCOC(=O)C(C)c1cnc(C2CCCCC2)cn1. The summed E-state index contributed by atoms with van der Waals surface area (Å²) in [4.78, 5) is 20.5. The van der Waals surface area contributed by atoms with Gasteiger partial charge in [0, 0.05) is 18.3 Å². The maximum absolute atomic E-state index is 11.6. The van der Waals surface area contributed by atoms with Crippen molar-refractivity contribution in [3.8, 4) is 0 Å². The molecule has 1 atom stereocenters. The van der Waals surface area contributed by atoms with Crippen LogP contribution in [-0.4, -0.2) is 22.5 Å². The molecule has 0 N–H and O–H groups in total. The molecular weight excluding hydrogens is 240 g/mol. The molecule has 1 aliphatic carbocycles. The maximum atomic E-state index is 11.6. The van der Waals surface area contributed by atoms with E-state index >= 15 is 0 Å². The number of esters is 1. The normalized spacial score (nSPS) is 18.0. The number of carbonyl (C=O) groups is 1. The van der Waals surface area contributed by atoms with Crippen LogP contribution >= 0.6 is 0 Å². The van der Waals surface area contributed by atoms with Crippen LogP contribution in [0.1, 0.15) is 69.2 Å². The molecule has 1 unspecified atom stereocenters. The van der Waals surface area contributed by atoms with Crippen LogP contribution in [0.3, 0.4) is 0 Å². The molecule has 4 nitrogen and oxygen atoms in total. The molecule has 0 spiro atoms. The number of nitrogens with zero attached hydrogens (tertiary/aromatic N) is 2. The van der Waals surface area contributed by atoms with E-state index in [2.05, 4.69) is 9.97 Å². The molecular formula is C15H22N2O2. The molecule has 0 bridgehead atoms. The maximum Gasteiger partial charge on any atom is 0.314 e. The van der Waals surface area contributed by atoms with Gasteiger partial charge in [-0.05, 0) is 26.7 Å². The topological polar surface area (TPSA) is 52.1 Å². The van der Waals surface area contributed by atoms with Gasteiger partial charge in [0.25, 0.3) is 0 Å². The Hall–Kier alpha value is -1.45. The van der Waals surface area contributed by atoms with Crippen molar-refractivity contribution < 1.29 is 9.53 Å². The number of hydrogen-bond acceptors (Lipinski definition) is 4. The highest BCUT2D eigenvalue weighted by molar-refractivity contribution is 5.76. The number of aromatic nitrogens is 2. The van der Waals surface area contributed by atoms with Gasteiger partial charge in [-0.3, -0.25) is 14.8 Å². The van der Waals surface area contributed by atoms with E-state index in [0.29, 0.717) is 18.2 Å². The van der Waals surface area contributed by atoms with Crippen molar-refractivity contribution in [3.63, 3.8) is 0 Å². The van der Waals surface area contributed by atoms with Crippen LogP contribution in [0, 0.1) is 0 Å². The fourth-order valence-electron chi connectivity index (χ4n) is 2.57. The van der Waals surface area contributed by atoms with Gasteiger partial charge in [-0.15, -0.1) is 0 Å². The summed E-state index contributed by atoms with van der Waals surface area (Å²) in [5.74, 6) is -0.0247. The van der Waals surface area contributed by atoms with E-state index in [1.165, 1.54) is 32.1 Å². The second-order valence-electron chi connectivity index (χ2n) is 5.17. The summed E-state index contributed by atoms with van der Waals surface area (Å²) in [5, 5.41) is 0. The highest BCUT2D eigenvalue weighted by Gasteiger charge is 2.20. The first-order chi connectivity index (χ1) is 9.22. The van der Waals surface area contributed by atoms with Crippen molar-refractivity contribution in [1.29, 1.82) is 0 Å². The van der Waals surface area contributed by atoms with E-state index < -0.39 is 0 Å². The summed E-state index contributed by atoms with van der Waals surface area (Å²) >= 11 is 0. The van der Waals surface area contributed by atoms with Gasteiger partial charge in [0.05, 0.1) is 23.9 Å². The summed E-state index contributed by atoms with van der Waals surface area (Å²) in [6, 6.07) is 0. The third kappa shape index (κ3) is 3.52. The van der Waals surface area contributed by atoms with Crippen molar-refractivity contribution in [2.75, 3.05) is 6.61 Å². The zero-order valence-electron chi connectivity index (χ0n) is 11.8. The third-order valence-electron chi connectivity index (χ3n) is 3.80. The van der Waals surface area contributed by atoms with Gasteiger partial charge >= 0.3 is 5.97 Å². The number of ether oxygens (including phenoxy) is 1. The van der Waals surface area contributed by atoms with Crippen LogP contribution in [0.25, 0.3) is 0 Å². The van der Waals surface area contributed by atoms with Crippen molar-refractivity contribution in [1.82, 2.24) is 9.97 Å². The fourth-order valence-corrected chi connectivity index (χ4v) is 2.57. The molecule has 1 aromatic rings. The zero-order chi connectivity index (χ0) is 13.7. The Bertz CT molecular complexity index is 411. The Morgan fingerprint density at radius 3 is 2.63 bits per heavy atom. The molecule has 2 rings (SSSR count). The standard InChI is InChI=1S/C15H22N2O2/c1-3-19-15(18)11(2)13-9-17-14(10-16-13)12-7-5-4-6-8-12/h9-12H,3-8H2,1-2H3. The van der Waals surface area contributed by atoms with Crippen molar-refractivity contribution in [3.05, 3.63) is 23.8 Å². The molecule has 1 fully saturated rings. The molecule has 1 saturated carbocycles.